The number of rotatable bonds is 4. The van der Waals surface area contributed by atoms with Gasteiger partial charge in [0, 0.05) is 9.05 Å². The van der Waals surface area contributed by atoms with E-state index in [1.165, 1.54) is 13.8 Å². The van der Waals surface area contributed by atoms with E-state index in [1.54, 1.807) is 0 Å². The van der Waals surface area contributed by atoms with E-state index in [1.807, 2.05) is 0 Å². The van der Waals surface area contributed by atoms with Gasteiger partial charge < -0.3 is 0 Å². The summed E-state index contributed by atoms with van der Waals surface area (Å²) in [6, 6.07) is 0. The van der Waals surface area contributed by atoms with Gasteiger partial charge in [0.2, 0.25) is 0 Å². The van der Waals surface area contributed by atoms with Crippen molar-refractivity contribution in [3.05, 3.63) is 33.9 Å². The summed E-state index contributed by atoms with van der Waals surface area (Å²) in [5.41, 5.74) is -2.21. The summed E-state index contributed by atoms with van der Waals surface area (Å²) in [5, 5.41) is 0. The topological polar surface area (TPSA) is 52.6 Å². The van der Waals surface area contributed by atoms with Gasteiger partial charge in [-0.25, -0.2) is 28.3 Å². The van der Waals surface area contributed by atoms with Crippen molar-refractivity contribution in [1.29, 1.82) is 0 Å². The summed E-state index contributed by atoms with van der Waals surface area (Å²) < 4.78 is 51.5. The van der Waals surface area contributed by atoms with Crippen LogP contribution in [0, 0.1) is 11.6 Å². The van der Waals surface area contributed by atoms with E-state index in [0.717, 1.165) is 0 Å². The van der Waals surface area contributed by atoms with Crippen molar-refractivity contribution in [2.75, 3.05) is 0 Å². The molecular formula is C12H10F4O4. The molecule has 0 spiro atoms. The standard InChI is InChI=1S/C12H10F4O4/c1-3-5-6(4-2)8(12(18)20-16)10(14)9(13)7(5)11(17)19-15/h3-4H2,1-2H3. The van der Waals surface area contributed by atoms with E-state index >= 15 is 0 Å². The lowest BCUT2D eigenvalue weighted by atomic mass is 9.91. The van der Waals surface area contributed by atoms with Crippen molar-refractivity contribution in [2.45, 2.75) is 26.7 Å². The fraction of sp³-hybridized carbons (Fsp3) is 0.333. The molecule has 0 aliphatic heterocycles. The molecule has 0 bridgehead atoms. The predicted molar refractivity (Wildman–Crippen MR) is 58.2 cm³/mol. The Kier molecular flexibility index (Phi) is 5.06. The van der Waals surface area contributed by atoms with Crippen LogP contribution in [0.25, 0.3) is 0 Å². The summed E-state index contributed by atoms with van der Waals surface area (Å²) in [6.45, 7) is 2.93. The Morgan fingerprint density at radius 1 is 0.850 bits per heavy atom. The van der Waals surface area contributed by atoms with Gasteiger partial charge in [-0.1, -0.05) is 13.8 Å². The molecule has 0 N–H and O–H groups in total. The van der Waals surface area contributed by atoms with Crippen LogP contribution >= 0.6 is 0 Å². The molecule has 110 valence electrons. The summed E-state index contributed by atoms with van der Waals surface area (Å²) in [5.74, 6) is -7.04. The molecule has 1 aromatic rings. The van der Waals surface area contributed by atoms with E-state index in [9.17, 15) is 27.4 Å². The van der Waals surface area contributed by atoms with E-state index < -0.39 is 34.7 Å². The number of halogens is 4. The number of benzene rings is 1. The Balaban J connectivity index is 3.81. The minimum absolute atomic E-state index is 0.0304. The van der Waals surface area contributed by atoms with E-state index in [2.05, 4.69) is 9.88 Å². The Morgan fingerprint density at radius 3 is 1.35 bits per heavy atom. The van der Waals surface area contributed by atoms with Crippen LogP contribution in [0.5, 0.6) is 0 Å². The van der Waals surface area contributed by atoms with Gasteiger partial charge in [-0.2, -0.15) is 0 Å². The van der Waals surface area contributed by atoms with Crippen molar-refractivity contribution < 1.29 is 37.3 Å². The van der Waals surface area contributed by atoms with Crippen LogP contribution in [0.2, 0.25) is 0 Å². The third-order valence-electron chi connectivity index (χ3n) is 2.86. The summed E-state index contributed by atoms with van der Waals surface area (Å²) in [6.07, 6.45) is -0.0608. The molecule has 4 nitrogen and oxygen atoms in total. The summed E-state index contributed by atoms with van der Waals surface area (Å²) >= 11 is 0. The second-order valence-electron chi connectivity index (χ2n) is 3.77. The number of hydrogen-bond acceptors (Lipinski definition) is 4. The molecule has 0 unspecified atom stereocenters. The molecule has 0 aliphatic carbocycles. The highest BCUT2D eigenvalue weighted by Gasteiger charge is 2.32. The first-order chi connectivity index (χ1) is 9.44. The Morgan fingerprint density at radius 2 is 1.15 bits per heavy atom. The number of carbonyl (C=O) groups excluding carboxylic acids is 2. The van der Waals surface area contributed by atoms with Gasteiger partial charge in [-0.3, -0.25) is 0 Å². The molecule has 0 saturated carbocycles. The molecule has 0 atom stereocenters. The van der Waals surface area contributed by atoms with Crippen LogP contribution < -0.4 is 0 Å². The second kappa shape index (κ2) is 6.36. The molecule has 0 aliphatic rings. The quantitative estimate of drug-likeness (QED) is 0.800. The molecule has 1 rings (SSSR count). The highest BCUT2D eigenvalue weighted by atomic mass is 19.3. The van der Waals surface area contributed by atoms with Crippen molar-refractivity contribution in [1.82, 2.24) is 0 Å². The second-order valence-corrected chi connectivity index (χ2v) is 3.77. The van der Waals surface area contributed by atoms with E-state index in [-0.39, 0.29) is 24.0 Å². The molecule has 0 amide bonds. The van der Waals surface area contributed by atoms with Crippen LogP contribution in [0.3, 0.4) is 0 Å². The predicted octanol–water partition coefficient (Wildman–Crippen LogP) is 3.17. The summed E-state index contributed by atoms with van der Waals surface area (Å²) in [7, 11) is 0. The lowest BCUT2D eigenvalue weighted by Crippen LogP contribution is -2.18. The fourth-order valence-corrected chi connectivity index (χ4v) is 2.07. The first kappa shape index (κ1) is 15.9. The maximum atomic E-state index is 13.8. The minimum atomic E-state index is -1.79. The number of carbonyl (C=O) groups is 2. The Labute approximate surface area is 111 Å². The lowest BCUT2D eigenvalue weighted by molar-refractivity contribution is -0.0802. The maximum Gasteiger partial charge on any atom is 0.382 e. The molecular weight excluding hydrogens is 284 g/mol. The zero-order valence-electron chi connectivity index (χ0n) is 10.6. The van der Waals surface area contributed by atoms with Crippen LogP contribution in [-0.4, -0.2) is 11.9 Å². The molecule has 0 heterocycles. The molecule has 0 aromatic heterocycles. The third kappa shape index (κ3) is 2.45. The van der Waals surface area contributed by atoms with Crippen molar-refractivity contribution in [2.24, 2.45) is 0 Å². The molecule has 8 heteroatoms. The highest BCUT2D eigenvalue weighted by Crippen LogP contribution is 2.29. The van der Waals surface area contributed by atoms with Crippen LogP contribution in [-0.2, 0) is 22.7 Å². The zero-order valence-corrected chi connectivity index (χ0v) is 10.6. The van der Waals surface area contributed by atoms with Gasteiger partial charge in [-0.15, -0.1) is 0 Å². The molecule has 0 saturated heterocycles. The molecule has 20 heavy (non-hydrogen) atoms. The van der Waals surface area contributed by atoms with Gasteiger partial charge in [0.25, 0.3) is 0 Å². The van der Waals surface area contributed by atoms with Crippen LogP contribution in [0.4, 0.5) is 17.8 Å². The maximum absolute atomic E-state index is 13.8. The van der Waals surface area contributed by atoms with Gasteiger partial charge in [0.05, 0.1) is 0 Å². The molecule has 0 fully saturated rings. The SMILES string of the molecule is CCc1c(CC)c(C(=O)OF)c(F)c(F)c1C(=O)OF. The van der Waals surface area contributed by atoms with Gasteiger partial charge in [0.15, 0.2) is 11.6 Å². The Bertz CT molecular complexity index is 508. The first-order valence-corrected chi connectivity index (χ1v) is 5.62. The van der Waals surface area contributed by atoms with Crippen molar-refractivity contribution in [3.8, 4) is 0 Å². The lowest BCUT2D eigenvalue weighted by Gasteiger charge is -2.15. The van der Waals surface area contributed by atoms with Crippen molar-refractivity contribution in [3.63, 3.8) is 0 Å². The monoisotopic (exact) mass is 294 g/mol. The minimum Gasteiger partial charge on any atom is -0.249 e. The Hall–Kier alpha value is -2.12. The largest absolute Gasteiger partial charge is 0.382 e. The molecule has 1 aromatic carbocycles. The van der Waals surface area contributed by atoms with E-state index in [4.69, 9.17) is 0 Å². The fourth-order valence-electron chi connectivity index (χ4n) is 2.07. The normalized spacial score (nSPS) is 10.3. The number of hydrogen-bond donors (Lipinski definition) is 0. The first-order valence-electron chi connectivity index (χ1n) is 5.62. The summed E-state index contributed by atoms with van der Waals surface area (Å²) in [4.78, 5) is 28.2. The van der Waals surface area contributed by atoms with Gasteiger partial charge in [-0.05, 0) is 24.0 Å². The highest BCUT2D eigenvalue weighted by molar-refractivity contribution is 5.96. The van der Waals surface area contributed by atoms with Gasteiger partial charge >= 0.3 is 11.9 Å². The zero-order chi connectivity index (χ0) is 15.4. The van der Waals surface area contributed by atoms with Crippen LogP contribution in [0.1, 0.15) is 45.7 Å². The van der Waals surface area contributed by atoms with Crippen LogP contribution in [0.15, 0.2) is 0 Å². The third-order valence-corrected chi connectivity index (χ3v) is 2.86. The van der Waals surface area contributed by atoms with E-state index in [0.29, 0.717) is 0 Å². The average molecular weight is 294 g/mol. The molecule has 0 radical (unpaired) electrons. The average Bonchev–Trinajstić information content (AvgIpc) is 2.47. The van der Waals surface area contributed by atoms with Gasteiger partial charge in [0.1, 0.15) is 11.1 Å². The van der Waals surface area contributed by atoms with Crippen molar-refractivity contribution >= 4 is 11.9 Å². The smallest absolute Gasteiger partial charge is 0.249 e.